The standard InChI is InChI=1S/C14H17N3O/c1-2-7-15-13-16-12(18)14(17-13)8-10-5-3-4-6-11(10)9-14/h3-6H,2,7-9H2,1H3,(H2,15,16,17,18). The van der Waals surface area contributed by atoms with E-state index in [0.717, 1.165) is 25.8 Å². The van der Waals surface area contributed by atoms with Gasteiger partial charge in [0, 0.05) is 19.4 Å². The number of rotatable bonds is 2. The van der Waals surface area contributed by atoms with E-state index in [-0.39, 0.29) is 5.91 Å². The lowest BCUT2D eigenvalue weighted by Gasteiger charge is -2.19. The smallest absolute Gasteiger partial charge is 0.253 e. The van der Waals surface area contributed by atoms with Gasteiger partial charge in [0.25, 0.3) is 5.91 Å². The summed E-state index contributed by atoms with van der Waals surface area (Å²) in [4.78, 5) is 16.5. The largest absolute Gasteiger partial charge is 0.341 e. The zero-order valence-corrected chi connectivity index (χ0v) is 10.5. The van der Waals surface area contributed by atoms with Crippen LogP contribution in [0.3, 0.4) is 0 Å². The average molecular weight is 243 g/mol. The maximum Gasteiger partial charge on any atom is 0.253 e. The van der Waals surface area contributed by atoms with Crippen LogP contribution >= 0.6 is 0 Å². The van der Waals surface area contributed by atoms with Crippen molar-refractivity contribution in [3.63, 3.8) is 0 Å². The number of carbonyl (C=O) groups is 1. The third-order valence-electron chi connectivity index (χ3n) is 3.62. The Labute approximate surface area is 106 Å². The highest BCUT2D eigenvalue weighted by Crippen LogP contribution is 2.31. The molecule has 3 rings (SSSR count). The Morgan fingerprint density at radius 3 is 2.56 bits per heavy atom. The van der Waals surface area contributed by atoms with Crippen LogP contribution in [-0.2, 0) is 17.6 Å². The van der Waals surface area contributed by atoms with E-state index in [2.05, 4.69) is 34.7 Å². The van der Waals surface area contributed by atoms with Crippen molar-refractivity contribution in [3.8, 4) is 0 Å². The predicted molar refractivity (Wildman–Crippen MR) is 70.5 cm³/mol. The Balaban J connectivity index is 1.85. The SMILES string of the molecule is CCCN=C1NC(=O)C2(Cc3ccccc3C2)N1. The van der Waals surface area contributed by atoms with Crippen LogP contribution in [0, 0.1) is 0 Å². The van der Waals surface area contributed by atoms with E-state index in [1.165, 1.54) is 11.1 Å². The average Bonchev–Trinajstić information content (AvgIpc) is 2.88. The number of hydrogen-bond acceptors (Lipinski definition) is 2. The van der Waals surface area contributed by atoms with Crippen molar-refractivity contribution in [2.45, 2.75) is 31.7 Å². The third-order valence-corrected chi connectivity index (χ3v) is 3.62. The van der Waals surface area contributed by atoms with E-state index in [4.69, 9.17) is 0 Å². The first kappa shape index (κ1) is 11.3. The van der Waals surface area contributed by atoms with E-state index < -0.39 is 5.54 Å². The molecule has 1 spiro atoms. The maximum atomic E-state index is 12.2. The number of guanidine groups is 1. The normalized spacial score (nSPS) is 22.1. The maximum absolute atomic E-state index is 12.2. The number of amides is 1. The molecular weight excluding hydrogens is 226 g/mol. The summed E-state index contributed by atoms with van der Waals surface area (Å²) >= 11 is 0. The molecule has 2 aliphatic rings. The van der Waals surface area contributed by atoms with Crippen LogP contribution in [0.25, 0.3) is 0 Å². The Morgan fingerprint density at radius 1 is 1.28 bits per heavy atom. The van der Waals surface area contributed by atoms with Crippen LogP contribution in [0.2, 0.25) is 0 Å². The van der Waals surface area contributed by atoms with Crippen LogP contribution in [0.15, 0.2) is 29.3 Å². The van der Waals surface area contributed by atoms with Gasteiger partial charge in [-0.05, 0) is 17.5 Å². The Morgan fingerprint density at radius 2 is 1.94 bits per heavy atom. The zero-order chi connectivity index (χ0) is 12.6. The minimum absolute atomic E-state index is 0.0496. The van der Waals surface area contributed by atoms with E-state index in [1.807, 2.05) is 12.1 Å². The monoisotopic (exact) mass is 243 g/mol. The van der Waals surface area contributed by atoms with Gasteiger partial charge >= 0.3 is 0 Å². The number of nitrogens with one attached hydrogen (secondary N) is 2. The second kappa shape index (κ2) is 4.12. The number of nitrogens with zero attached hydrogens (tertiary/aromatic N) is 1. The number of carbonyl (C=O) groups excluding carboxylic acids is 1. The highest BCUT2D eigenvalue weighted by atomic mass is 16.2. The molecule has 4 heteroatoms. The molecule has 1 aromatic carbocycles. The van der Waals surface area contributed by atoms with Crippen LogP contribution < -0.4 is 10.6 Å². The fraction of sp³-hybridized carbons (Fsp3) is 0.429. The summed E-state index contributed by atoms with van der Waals surface area (Å²) in [6.07, 6.45) is 2.48. The van der Waals surface area contributed by atoms with E-state index >= 15 is 0 Å². The molecule has 94 valence electrons. The molecule has 0 radical (unpaired) electrons. The summed E-state index contributed by atoms with van der Waals surface area (Å²) in [6.45, 7) is 2.81. The van der Waals surface area contributed by atoms with Crippen molar-refractivity contribution in [1.82, 2.24) is 10.6 Å². The Bertz CT molecular complexity index is 497. The molecule has 1 aliphatic carbocycles. The summed E-state index contributed by atoms with van der Waals surface area (Å²) in [5.41, 5.74) is 2.02. The van der Waals surface area contributed by atoms with Crippen LogP contribution in [0.5, 0.6) is 0 Å². The number of benzene rings is 1. The first-order valence-corrected chi connectivity index (χ1v) is 6.44. The first-order chi connectivity index (χ1) is 8.73. The van der Waals surface area contributed by atoms with Crippen LogP contribution in [0.1, 0.15) is 24.5 Å². The van der Waals surface area contributed by atoms with E-state index in [9.17, 15) is 4.79 Å². The van der Waals surface area contributed by atoms with Crippen molar-refractivity contribution in [3.05, 3.63) is 35.4 Å². The van der Waals surface area contributed by atoms with Gasteiger partial charge in [-0.25, -0.2) is 0 Å². The molecule has 4 nitrogen and oxygen atoms in total. The molecule has 18 heavy (non-hydrogen) atoms. The van der Waals surface area contributed by atoms with Crippen molar-refractivity contribution >= 4 is 11.9 Å². The van der Waals surface area contributed by atoms with Gasteiger partial charge in [-0.15, -0.1) is 0 Å². The molecule has 1 heterocycles. The topological polar surface area (TPSA) is 53.5 Å². The quantitative estimate of drug-likeness (QED) is 0.814. The molecule has 1 aromatic rings. The number of hydrogen-bond donors (Lipinski definition) is 2. The van der Waals surface area contributed by atoms with Gasteiger partial charge in [0.1, 0.15) is 5.54 Å². The molecule has 0 aromatic heterocycles. The molecule has 1 amide bonds. The van der Waals surface area contributed by atoms with Gasteiger partial charge in [0.05, 0.1) is 0 Å². The Kier molecular flexibility index (Phi) is 2.58. The second-order valence-electron chi connectivity index (χ2n) is 5.01. The predicted octanol–water partition coefficient (Wildman–Crippen LogP) is 1.01. The Hall–Kier alpha value is -1.84. The fourth-order valence-electron chi connectivity index (χ4n) is 2.71. The lowest BCUT2D eigenvalue weighted by Crippen LogP contribution is -2.47. The molecular formula is C14H17N3O. The fourth-order valence-corrected chi connectivity index (χ4v) is 2.71. The number of aliphatic imine (C=N–C) groups is 1. The van der Waals surface area contributed by atoms with Gasteiger partial charge in [-0.3, -0.25) is 15.1 Å². The van der Waals surface area contributed by atoms with Gasteiger partial charge in [0.15, 0.2) is 5.96 Å². The van der Waals surface area contributed by atoms with Crippen molar-refractivity contribution in [2.75, 3.05) is 6.54 Å². The minimum atomic E-state index is -0.504. The molecule has 0 bridgehead atoms. The van der Waals surface area contributed by atoms with Crippen molar-refractivity contribution in [1.29, 1.82) is 0 Å². The molecule has 2 N–H and O–H groups in total. The van der Waals surface area contributed by atoms with Gasteiger partial charge in [0.2, 0.25) is 0 Å². The molecule has 0 unspecified atom stereocenters. The number of fused-ring (bicyclic) bond motifs is 1. The summed E-state index contributed by atoms with van der Waals surface area (Å²) in [7, 11) is 0. The lowest BCUT2D eigenvalue weighted by atomic mass is 9.96. The van der Waals surface area contributed by atoms with Crippen LogP contribution in [-0.4, -0.2) is 24.0 Å². The van der Waals surface area contributed by atoms with Crippen molar-refractivity contribution in [2.24, 2.45) is 4.99 Å². The summed E-state index contributed by atoms with van der Waals surface area (Å²) < 4.78 is 0. The van der Waals surface area contributed by atoms with Gasteiger partial charge < -0.3 is 5.32 Å². The summed E-state index contributed by atoms with van der Waals surface area (Å²) in [5.74, 6) is 0.684. The third kappa shape index (κ3) is 1.68. The highest BCUT2D eigenvalue weighted by molar-refractivity contribution is 6.09. The first-order valence-electron chi connectivity index (χ1n) is 6.44. The van der Waals surface area contributed by atoms with E-state index in [0.29, 0.717) is 5.96 Å². The second-order valence-corrected chi connectivity index (χ2v) is 5.01. The van der Waals surface area contributed by atoms with Crippen LogP contribution in [0.4, 0.5) is 0 Å². The van der Waals surface area contributed by atoms with Gasteiger partial charge in [-0.2, -0.15) is 0 Å². The minimum Gasteiger partial charge on any atom is -0.341 e. The zero-order valence-electron chi connectivity index (χ0n) is 10.5. The molecule has 0 saturated carbocycles. The molecule has 1 saturated heterocycles. The molecule has 0 atom stereocenters. The summed E-state index contributed by atoms with van der Waals surface area (Å²) in [6, 6.07) is 8.24. The van der Waals surface area contributed by atoms with Crippen molar-refractivity contribution < 1.29 is 4.79 Å². The van der Waals surface area contributed by atoms with E-state index in [1.54, 1.807) is 0 Å². The summed E-state index contributed by atoms with van der Waals surface area (Å²) in [5, 5.41) is 6.14. The highest BCUT2D eigenvalue weighted by Gasteiger charge is 2.48. The lowest BCUT2D eigenvalue weighted by molar-refractivity contribution is -0.123. The molecule has 1 aliphatic heterocycles. The van der Waals surface area contributed by atoms with Gasteiger partial charge in [-0.1, -0.05) is 31.2 Å². The molecule has 1 fully saturated rings.